The number of amides is 2. The molecule has 2 amide bonds. The average Bonchev–Trinajstić information content (AvgIpc) is 3.57. The summed E-state index contributed by atoms with van der Waals surface area (Å²) in [7, 11) is 0. The average molecular weight is 448 g/mol. The van der Waals surface area contributed by atoms with Crippen LogP contribution in [0.5, 0.6) is 0 Å². The molecule has 1 aromatic carbocycles. The highest BCUT2D eigenvalue weighted by molar-refractivity contribution is 7.17. The predicted octanol–water partition coefficient (Wildman–Crippen LogP) is 4.98. The van der Waals surface area contributed by atoms with Gasteiger partial charge >= 0.3 is 0 Å². The summed E-state index contributed by atoms with van der Waals surface area (Å²) in [5, 5.41) is 10.2. The second kappa shape index (κ2) is 8.47. The molecule has 1 aliphatic rings. The monoisotopic (exact) mass is 447 g/mol. The molecule has 2 N–H and O–H groups in total. The molecule has 0 atom stereocenters. The van der Waals surface area contributed by atoms with Crippen LogP contribution in [0.15, 0.2) is 57.7 Å². The Kier molecular flexibility index (Phi) is 5.36. The Hall–Kier alpha value is -3.65. The number of fused-ring (bicyclic) bond motifs is 1. The minimum Gasteiger partial charge on any atom is -0.467 e. The van der Waals surface area contributed by atoms with Gasteiger partial charge in [-0.3, -0.25) is 9.59 Å². The van der Waals surface area contributed by atoms with Crippen LogP contribution in [0.2, 0.25) is 0 Å². The Balaban J connectivity index is 1.35. The Labute approximate surface area is 188 Å². The van der Waals surface area contributed by atoms with E-state index in [9.17, 15) is 9.59 Å². The third-order valence-electron chi connectivity index (χ3n) is 5.46. The van der Waals surface area contributed by atoms with Crippen molar-refractivity contribution in [3.05, 3.63) is 81.7 Å². The molecular formula is C24H21N3O4S. The standard InChI is InChI=1S/C24H21N3O4S/c1-14-7-9-15(10-8-14)19-12-18(27-31-19)22(28)26-24-21(17-5-2-6-20(17)32-24)23(29)25-13-16-4-3-11-30-16/h3-4,7-12H,2,5-6,13H2,1H3,(H,25,29)(H,26,28). The van der Waals surface area contributed by atoms with Crippen LogP contribution in [0.25, 0.3) is 11.3 Å². The van der Waals surface area contributed by atoms with Gasteiger partial charge in [0.05, 0.1) is 18.4 Å². The Morgan fingerprint density at radius 3 is 2.75 bits per heavy atom. The Morgan fingerprint density at radius 1 is 1.12 bits per heavy atom. The number of hydrogen-bond donors (Lipinski definition) is 2. The molecule has 4 aromatic rings. The summed E-state index contributed by atoms with van der Waals surface area (Å²) in [5.74, 6) is 0.547. The van der Waals surface area contributed by atoms with Gasteiger partial charge in [0.1, 0.15) is 10.8 Å². The summed E-state index contributed by atoms with van der Waals surface area (Å²) >= 11 is 1.45. The zero-order valence-electron chi connectivity index (χ0n) is 17.4. The molecule has 0 unspecified atom stereocenters. The molecular weight excluding hydrogens is 426 g/mol. The van der Waals surface area contributed by atoms with Crippen molar-refractivity contribution in [2.75, 3.05) is 5.32 Å². The predicted molar refractivity (Wildman–Crippen MR) is 121 cm³/mol. The molecule has 0 aliphatic heterocycles. The van der Waals surface area contributed by atoms with Gasteiger partial charge in [-0.15, -0.1) is 11.3 Å². The molecule has 0 radical (unpaired) electrons. The van der Waals surface area contributed by atoms with E-state index in [0.29, 0.717) is 22.1 Å². The number of rotatable bonds is 6. The van der Waals surface area contributed by atoms with Crippen LogP contribution in [0, 0.1) is 6.92 Å². The number of anilines is 1. The minimum absolute atomic E-state index is 0.163. The quantitative estimate of drug-likeness (QED) is 0.435. The van der Waals surface area contributed by atoms with Crippen molar-refractivity contribution in [1.82, 2.24) is 10.5 Å². The highest BCUT2D eigenvalue weighted by Crippen LogP contribution is 2.39. The number of thiophene rings is 1. The molecule has 0 bridgehead atoms. The van der Waals surface area contributed by atoms with Crippen molar-refractivity contribution >= 4 is 28.2 Å². The summed E-state index contributed by atoms with van der Waals surface area (Å²) in [6.45, 7) is 2.29. The van der Waals surface area contributed by atoms with Crippen molar-refractivity contribution in [2.45, 2.75) is 32.7 Å². The smallest absolute Gasteiger partial charge is 0.278 e. The molecule has 8 heteroatoms. The highest BCUT2D eigenvalue weighted by Gasteiger charge is 2.28. The van der Waals surface area contributed by atoms with Crippen LogP contribution in [0.3, 0.4) is 0 Å². The van der Waals surface area contributed by atoms with Gasteiger partial charge in [-0.2, -0.15) is 0 Å². The van der Waals surface area contributed by atoms with Gasteiger partial charge in [0, 0.05) is 16.5 Å². The zero-order valence-corrected chi connectivity index (χ0v) is 18.3. The van der Waals surface area contributed by atoms with E-state index in [1.165, 1.54) is 11.3 Å². The first-order valence-corrected chi connectivity index (χ1v) is 11.2. The number of aromatic nitrogens is 1. The first kappa shape index (κ1) is 20.3. The first-order chi connectivity index (χ1) is 15.6. The van der Waals surface area contributed by atoms with E-state index in [-0.39, 0.29) is 18.1 Å². The second-order valence-corrected chi connectivity index (χ2v) is 8.83. The topological polar surface area (TPSA) is 97.4 Å². The number of carbonyl (C=O) groups excluding carboxylic acids is 2. The minimum atomic E-state index is -0.410. The lowest BCUT2D eigenvalue weighted by Crippen LogP contribution is -2.25. The lowest BCUT2D eigenvalue weighted by molar-refractivity contribution is 0.0948. The molecule has 0 saturated carbocycles. The van der Waals surface area contributed by atoms with E-state index in [2.05, 4.69) is 15.8 Å². The van der Waals surface area contributed by atoms with Crippen molar-refractivity contribution in [3.8, 4) is 11.3 Å². The number of benzene rings is 1. The first-order valence-electron chi connectivity index (χ1n) is 10.4. The number of nitrogens with one attached hydrogen (secondary N) is 2. The summed E-state index contributed by atoms with van der Waals surface area (Å²) in [4.78, 5) is 27.0. The molecule has 3 heterocycles. The largest absolute Gasteiger partial charge is 0.467 e. The van der Waals surface area contributed by atoms with E-state index in [1.54, 1.807) is 24.5 Å². The van der Waals surface area contributed by atoms with Crippen molar-refractivity contribution in [3.63, 3.8) is 0 Å². The van der Waals surface area contributed by atoms with Gasteiger partial charge in [0.2, 0.25) is 0 Å². The van der Waals surface area contributed by atoms with Gasteiger partial charge < -0.3 is 19.6 Å². The fourth-order valence-corrected chi connectivity index (χ4v) is 5.09. The third-order valence-corrected chi connectivity index (χ3v) is 6.66. The third kappa shape index (κ3) is 3.97. The SMILES string of the molecule is Cc1ccc(-c2cc(C(=O)Nc3sc4c(c3C(=O)NCc3ccco3)CCC4)no2)cc1. The molecule has 3 aromatic heterocycles. The van der Waals surface area contributed by atoms with Crippen molar-refractivity contribution < 1.29 is 18.5 Å². The maximum atomic E-state index is 13.0. The summed E-state index contributed by atoms with van der Waals surface area (Å²) in [6.07, 6.45) is 4.32. The molecule has 0 fully saturated rings. The molecule has 1 aliphatic carbocycles. The van der Waals surface area contributed by atoms with Crippen LogP contribution >= 0.6 is 11.3 Å². The Bertz CT molecular complexity index is 1270. The number of nitrogens with zero attached hydrogens (tertiary/aromatic N) is 1. The molecule has 5 rings (SSSR count). The molecule has 0 spiro atoms. The Morgan fingerprint density at radius 2 is 1.97 bits per heavy atom. The van der Waals surface area contributed by atoms with Gasteiger partial charge in [-0.25, -0.2) is 0 Å². The van der Waals surface area contributed by atoms with Gasteiger partial charge in [-0.05, 0) is 43.9 Å². The second-order valence-electron chi connectivity index (χ2n) is 7.72. The van der Waals surface area contributed by atoms with E-state index in [4.69, 9.17) is 8.94 Å². The van der Waals surface area contributed by atoms with Gasteiger partial charge in [-0.1, -0.05) is 35.0 Å². The van der Waals surface area contributed by atoms with Crippen molar-refractivity contribution in [2.24, 2.45) is 0 Å². The van der Waals surface area contributed by atoms with Crippen LogP contribution in [-0.4, -0.2) is 17.0 Å². The number of hydrogen-bond acceptors (Lipinski definition) is 6. The van der Waals surface area contributed by atoms with Crippen LogP contribution in [0.1, 0.15) is 49.0 Å². The molecule has 162 valence electrons. The van der Waals surface area contributed by atoms with E-state index < -0.39 is 5.91 Å². The fraction of sp³-hybridized carbons (Fsp3) is 0.208. The highest BCUT2D eigenvalue weighted by atomic mass is 32.1. The van der Waals surface area contributed by atoms with Crippen LogP contribution in [-0.2, 0) is 19.4 Å². The number of aryl methyl sites for hydroxylation is 2. The molecule has 0 saturated heterocycles. The normalized spacial score (nSPS) is 12.5. The van der Waals surface area contributed by atoms with Crippen molar-refractivity contribution in [1.29, 1.82) is 0 Å². The van der Waals surface area contributed by atoms with Gasteiger partial charge in [0.15, 0.2) is 11.5 Å². The summed E-state index contributed by atoms with van der Waals surface area (Å²) < 4.78 is 10.7. The summed E-state index contributed by atoms with van der Waals surface area (Å²) in [6, 6.07) is 13.0. The van der Waals surface area contributed by atoms with Crippen LogP contribution < -0.4 is 10.6 Å². The molecule has 7 nitrogen and oxygen atoms in total. The summed E-state index contributed by atoms with van der Waals surface area (Å²) in [5.41, 5.74) is 3.69. The maximum Gasteiger partial charge on any atom is 0.278 e. The van der Waals surface area contributed by atoms with E-state index in [1.807, 2.05) is 31.2 Å². The van der Waals surface area contributed by atoms with Gasteiger partial charge in [0.25, 0.3) is 11.8 Å². The van der Waals surface area contributed by atoms with E-state index >= 15 is 0 Å². The lowest BCUT2D eigenvalue weighted by Gasteiger charge is -2.08. The maximum absolute atomic E-state index is 13.0. The zero-order chi connectivity index (χ0) is 22.1. The number of carbonyl (C=O) groups is 2. The molecule has 32 heavy (non-hydrogen) atoms. The number of furan rings is 1. The lowest BCUT2D eigenvalue weighted by atomic mass is 10.1. The van der Waals surface area contributed by atoms with E-state index in [0.717, 1.165) is 40.8 Å². The fourth-order valence-electron chi connectivity index (χ4n) is 3.80. The van der Waals surface area contributed by atoms with Crippen LogP contribution in [0.4, 0.5) is 5.00 Å².